The molecule has 2 N–H and O–H groups in total. The van der Waals surface area contributed by atoms with Gasteiger partial charge in [0.1, 0.15) is 0 Å². The average Bonchev–Trinajstić information content (AvgIpc) is 2.51. The highest BCUT2D eigenvalue weighted by molar-refractivity contribution is 7.89. The lowest BCUT2D eigenvalue weighted by Gasteiger charge is -2.08. The van der Waals surface area contributed by atoms with Gasteiger partial charge < -0.3 is 5.32 Å². The van der Waals surface area contributed by atoms with Gasteiger partial charge in [0, 0.05) is 16.3 Å². The third kappa shape index (κ3) is 3.65. The molecule has 0 aliphatic rings. The lowest BCUT2D eigenvalue weighted by molar-refractivity contribution is 0.102. The summed E-state index contributed by atoms with van der Waals surface area (Å²) in [6.45, 7) is 1.86. The van der Waals surface area contributed by atoms with Crippen molar-refractivity contribution in [2.45, 2.75) is 11.8 Å². The first-order valence-electron chi connectivity index (χ1n) is 6.44. The molecule has 2 aromatic rings. The Balaban J connectivity index is 2.26. The zero-order chi connectivity index (χ0) is 16.3. The number of carbonyl (C=O) groups excluding carboxylic acids is 1. The predicted octanol–water partition coefficient (Wildman–Crippen LogP) is 2.81. The zero-order valence-corrected chi connectivity index (χ0v) is 13.6. The second-order valence-corrected chi connectivity index (χ2v) is 6.95. The van der Waals surface area contributed by atoms with Crippen LogP contribution < -0.4 is 10.0 Å². The standard InChI is InChI=1S/C15H15ClN2O3S/c1-10-6-7-12(9-14(10)16)18-15(19)11-4-3-5-13(8-11)22(20,21)17-2/h3-9,17H,1-2H3,(H,18,19). The van der Waals surface area contributed by atoms with Crippen molar-refractivity contribution >= 4 is 33.2 Å². The fourth-order valence-electron chi connectivity index (χ4n) is 1.80. The first-order chi connectivity index (χ1) is 10.3. The monoisotopic (exact) mass is 338 g/mol. The van der Waals surface area contributed by atoms with Gasteiger partial charge in [0.25, 0.3) is 5.91 Å². The molecule has 0 saturated heterocycles. The normalized spacial score (nSPS) is 11.2. The van der Waals surface area contributed by atoms with Gasteiger partial charge in [0.2, 0.25) is 10.0 Å². The molecule has 0 spiro atoms. The molecule has 2 aromatic carbocycles. The van der Waals surface area contributed by atoms with E-state index in [-0.39, 0.29) is 10.5 Å². The molecule has 0 aromatic heterocycles. The highest BCUT2D eigenvalue weighted by Crippen LogP contribution is 2.21. The maximum Gasteiger partial charge on any atom is 0.255 e. The van der Waals surface area contributed by atoms with Gasteiger partial charge in [-0.1, -0.05) is 23.7 Å². The lowest BCUT2D eigenvalue weighted by atomic mass is 10.2. The van der Waals surface area contributed by atoms with Gasteiger partial charge in [-0.05, 0) is 49.9 Å². The molecule has 22 heavy (non-hydrogen) atoms. The van der Waals surface area contributed by atoms with Crippen LogP contribution in [0.1, 0.15) is 15.9 Å². The summed E-state index contributed by atoms with van der Waals surface area (Å²) < 4.78 is 25.7. The lowest BCUT2D eigenvalue weighted by Crippen LogP contribution is -2.19. The molecule has 5 nitrogen and oxygen atoms in total. The molecular formula is C15H15ClN2O3S. The van der Waals surface area contributed by atoms with E-state index in [0.29, 0.717) is 10.7 Å². The summed E-state index contributed by atoms with van der Waals surface area (Å²) in [6, 6.07) is 11.0. The van der Waals surface area contributed by atoms with Crippen LogP contribution in [0.25, 0.3) is 0 Å². The Labute approximate surface area is 134 Å². The van der Waals surface area contributed by atoms with Crippen LogP contribution in [-0.4, -0.2) is 21.4 Å². The van der Waals surface area contributed by atoms with E-state index in [1.54, 1.807) is 24.3 Å². The van der Waals surface area contributed by atoms with E-state index in [4.69, 9.17) is 11.6 Å². The van der Waals surface area contributed by atoms with Crippen LogP contribution in [0.15, 0.2) is 47.4 Å². The molecule has 1 amide bonds. The average molecular weight is 339 g/mol. The number of halogens is 1. The maximum atomic E-state index is 12.2. The van der Waals surface area contributed by atoms with Gasteiger partial charge in [-0.25, -0.2) is 13.1 Å². The number of sulfonamides is 1. The van der Waals surface area contributed by atoms with Crippen molar-refractivity contribution in [3.05, 3.63) is 58.6 Å². The van der Waals surface area contributed by atoms with Crippen LogP contribution in [0.5, 0.6) is 0 Å². The molecule has 0 aliphatic carbocycles. The smallest absolute Gasteiger partial charge is 0.255 e. The molecule has 0 unspecified atom stereocenters. The van der Waals surface area contributed by atoms with E-state index in [1.807, 2.05) is 6.92 Å². The van der Waals surface area contributed by atoms with E-state index in [1.165, 1.54) is 25.2 Å². The first-order valence-corrected chi connectivity index (χ1v) is 8.31. The van der Waals surface area contributed by atoms with Crippen LogP contribution in [0.3, 0.4) is 0 Å². The number of amides is 1. The highest BCUT2D eigenvalue weighted by atomic mass is 35.5. The molecule has 0 atom stereocenters. The summed E-state index contributed by atoms with van der Waals surface area (Å²) in [7, 11) is -2.27. The van der Waals surface area contributed by atoms with Gasteiger partial charge in [-0.2, -0.15) is 0 Å². The molecule has 0 radical (unpaired) electrons. The van der Waals surface area contributed by atoms with E-state index in [2.05, 4.69) is 10.0 Å². The van der Waals surface area contributed by atoms with Gasteiger partial charge in [-0.3, -0.25) is 4.79 Å². The third-order valence-electron chi connectivity index (χ3n) is 3.10. The van der Waals surface area contributed by atoms with Gasteiger partial charge in [-0.15, -0.1) is 0 Å². The summed E-state index contributed by atoms with van der Waals surface area (Å²) >= 11 is 6.01. The van der Waals surface area contributed by atoms with Crippen molar-refractivity contribution in [3.8, 4) is 0 Å². The molecule has 0 aliphatic heterocycles. The Bertz CT molecular complexity index is 819. The quantitative estimate of drug-likeness (QED) is 0.900. The molecule has 0 heterocycles. The number of benzene rings is 2. The first kappa shape index (κ1) is 16.5. The minimum absolute atomic E-state index is 0.0320. The van der Waals surface area contributed by atoms with E-state index in [0.717, 1.165) is 5.56 Å². The van der Waals surface area contributed by atoms with Crippen LogP contribution in [-0.2, 0) is 10.0 Å². The zero-order valence-electron chi connectivity index (χ0n) is 12.1. The minimum atomic E-state index is -3.59. The maximum absolute atomic E-state index is 12.2. The van der Waals surface area contributed by atoms with Gasteiger partial charge in [0.15, 0.2) is 0 Å². The topological polar surface area (TPSA) is 75.3 Å². The summed E-state index contributed by atoms with van der Waals surface area (Å²) in [5.41, 5.74) is 1.69. The second kappa shape index (κ2) is 6.48. The van der Waals surface area contributed by atoms with Crippen molar-refractivity contribution in [3.63, 3.8) is 0 Å². The Kier molecular flexibility index (Phi) is 4.85. The summed E-state index contributed by atoms with van der Waals surface area (Å²) in [4.78, 5) is 12.2. The second-order valence-electron chi connectivity index (χ2n) is 4.65. The summed E-state index contributed by atoms with van der Waals surface area (Å²) in [5.74, 6) is -0.409. The Hall–Kier alpha value is -1.89. The van der Waals surface area contributed by atoms with Crippen molar-refractivity contribution < 1.29 is 13.2 Å². The third-order valence-corrected chi connectivity index (χ3v) is 4.92. The molecule has 7 heteroatoms. The molecule has 0 saturated carbocycles. The number of carbonyl (C=O) groups is 1. The summed E-state index contributed by atoms with van der Waals surface area (Å²) in [5, 5.41) is 3.23. The summed E-state index contributed by atoms with van der Waals surface area (Å²) in [6.07, 6.45) is 0. The van der Waals surface area contributed by atoms with Crippen LogP contribution in [0, 0.1) is 6.92 Å². The van der Waals surface area contributed by atoms with Gasteiger partial charge >= 0.3 is 0 Å². The predicted molar refractivity (Wildman–Crippen MR) is 86.8 cm³/mol. The number of hydrogen-bond donors (Lipinski definition) is 2. The van der Waals surface area contributed by atoms with Gasteiger partial charge in [0.05, 0.1) is 4.90 Å². The molecular weight excluding hydrogens is 324 g/mol. The molecule has 0 bridgehead atoms. The van der Waals surface area contributed by atoms with E-state index >= 15 is 0 Å². The van der Waals surface area contributed by atoms with E-state index < -0.39 is 15.9 Å². The Morgan fingerprint density at radius 1 is 1.14 bits per heavy atom. The largest absolute Gasteiger partial charge is 0.322 e. The Morgan fingerprint density at radius 2 is 1.86 bits per heavy atom. The number of hydrogen-bond acceptors (Lipinski definition) is 3. The van der Waals surface area contributed by atoms with Crippen LogP contribution >= 0.6 is 11.6 Å². The minimum Gasteiger partial charge on any atom is -0.322 e. The number of rotatable bonds is 4. The molecule has 2 rings (SSSR count). The fraction of sp³-hybridized carbons (Fsp3) is 0.133. The Morgan fingerprint density at radius 3 is 2.50 bits per heavy atom. The molecule has 116 valence electrons. The van der Waals surface area contributed by atoms with E-state index in [9.17, 15) is 13.2 Å². The van der Waals surface area contributed by atoms with Crippen molar-refractivity contribution in [2.24, 2.45) is 0 Å². The van der Waals surface area contributed by atoms with Crippen LogP contribution in [0.4, 0.5) is 5.69 Å². The molecule has 0 fully saturated rings. The van der Waals surface area contributed by atoms with Crippen LogP contribution in [0.2, 0.25) is 5.02 Å². The fourth-order valence-corrected chi connectivity index (χ4v) is 2.75. The van der Waals surface area contributed by atoms with Crippen molar-refractivity contribution in [2.75, 3.05) is 12.4 Å². The highest BCUT2D eigenvalue weighted by Gasteiger charge is 2.14. The van der Waals surface area contributed by atoms with Crippen molar-refractivity contribution in [1.29, 1.82) is 0 Å². The SMILES string of the molecule is CNS(=O)(=O)c1cccc(C(=O)Nc2ccc(C)c(Cl)c2)c1. The van der Waals surface area contributed by atoms with Crippen molar-refractivity contribution in [1.82, 2.24) is 4.72 Å². The number of nitrogens with one attached hydrogen (secondary N) is 2. The number of anilines is 1. The number of aryl methyl sites for hydroxylation is 1.